The maximum atomic E-state index is 12.5. The molecule has 2 unspecified atom stereocenters. The van der Waals surface area contributed by atoms with Crippen molar-refractivity contribution >= 4 is 11.6 Å². The highest BCUT2D eigenvalue weighted by molar-refractivity contribution is 5.82. The van der Waals surface area contributed by atoms with Crippen molar-refractivity contribution in [2.24, 2.45) is 0 Å². The maximum Gasteiger partial charge on any atom is 0.269 e. The van der Waals surface area contributed by atoms with E-state index in [2.05, 4.69) is 16.7 Å². The topological polar surface area (TPSA) is 84.3 Å². The molecule has 1 aliphatic rings. The highest BCUT2D eigenvalue weighted by atomic mass is 16.6. The van der Waals surface area contributed by atoms with Gasteiger partial charge in [0, 0.05) is 18.7 Å². The summed E-state index contributed by atoms with van der Waals surface area (Å²) >= 11 is 0. The number of nitrogens with one attached hydrogen (secondary N) is 2. The minimum Gasteiger partial charge on any atom is -0.348 e. The Balaban J connectivity index is 1.67. The van der Waals surface area contributed by atoms with E-state index in [9.17, 15) is 14.9 Å². The van der Waals surface area contributed by atoms with E-state index in [4.69, 9.17) is 0 Å². The quantitative estimate of drug-likeness (QED) is 0.668. The lowest BCUT2D eigenvalue weighted by Gasteiger charge is -2.26. The summed E-state index contributed by atoms with van der Waals surface area (Å²) in [4.78, 5) is 22.9. The fourth-order valence-electron chi connectivity index (χ4n) is 2.94. The zero-order valence-corrected chi connectivity index (χ0v) is 13.4. The van der Waals surface area contributed by atoms with E-state index in [-0.39, 0.29) is 23.7 Å². The van der Waals surface area contributed by atoms with Crippen LogP contribution in [-0.2, 0) is 17.8 Å². The van der Waals surface area contributed by atoms with Crippen molar-refractivity contribution in [3.8, 4) is 0 Å². The first-order chi connectivity index (χ1) is 11.5. The number of nitro benzene ring substituents is 1. The van der Waals surface area contributed by atoms with E-state index < -0.39 is 4.92 Å². The number of amides is 1. The number of hydrogen-bond donors (Lipinski definition) is 2. The largest absolute Gasteiger partial charge is 0.348 e. The van der Waals surface area contributed by atoms with Crippen molar-refractivity contribution in [3.63, 3.8) is 0 Å². The monoisotopic (exact) mass is 325 g/mol. The molecule has 0 fully saturated rings. The molecule has 0 aromatic heterocycles. The number of non-ortho nitro benzene ring substituents is 1. The summed E-state index contributed by atoms with van der Waals surface area (Å²) < 4.78 is 0. The summed E-state index contributed by atoms with van der Waals surface area (Å²) in [6.45, 7) is 2.49. The molecule has 0 radical (unpaired) electrons. The molecule has 2 N–H and O–H groups in total. The Kier molecular flexibility index (Phi) is 4.57. The Morgan fingerprint density at radius 3 is 2.75 bits per heavy atom. The third-order valence-electron chi connectivity index (χ3n) is 4.34. The molecule has 24 heavy (non-hydrogen) atoms. The second kappa shape index (κ2) is 6.80. The molecule has 1 aliphatic heterocycles. The summed E-state index contributed by atoms with van der Waals surface area (Å²) in [5, 5.41) is 17.1. The first kappa shape index (κ1) is 16.1. The number of benzene rings is 2. The van der Waals surface area contributed by atoms with Crippen LogP contribution in [0.2, 0.25) is 0 Å². The van der Waals surface area contributed by atoms with Gasteiger partial charge in [0.25, 0.3) is 5.69 Å². The minimum atomic E-state index is -0.433. The zero-order chi connectivity index (χ0) is 17.1. The molecule has 0 bridgehead atoms. The van der Waals surface area contributed by atoms with Gasteiger partial charge in [-0.2, -0.15) is 0 Å². The smallest absolute Gasteiger partial charge is 0.269 e. The minimum absolute atomic E-state index is 0.0262. The fourth-order valence-corrected chi connectivity index (χ4v) is 2.94. The van der Waals surface area contributed by atoms with Gasteiger partial charge in [-0.25, -0.2) is 0 Å². The number of carbonyl (C=O) groups is 1. The van der Waals surface area contributed by atoms with Gasteiger partial charge in [-0.05, 0) is 30.0 Å². The molecule has 3 rings (SSSR count). The second-order valence-electron chi connectivity index (χ2n) is 5.99. The van der Waals surface area contributed by atoms with Crippen molar-refractivity contribution in [3.05, 3.63) is 75.3 Å². The van der Waals surface area contributed by atoms with Gasteiger partial charge in [-0.1, -0.05) is 36.4 Å². The number of nitrogens with zero attached hydrogens (tertiary/aromatic N) is 1. The average molecular weight is 325 g/mol. The normalized spacial score (nSPS) is 17.6. The van der Waals surface area contributed by atoms with Crippen molar-refractivity contribution in [2.45, 2.75) is 32.0 Å². The standard InChI is InChI=1S/C18H19N3O3/c1-12(13-7-4-8-16(9-13)21(23)24)20-18(22)17-10-14-5-2-3-6-15(14)11-19-17/h2-9,12,17,19H,10-11H2,1H3,(H,20,22). The van der Waals surface area contributed by atoms with Crippen LogP contribution in [0.25, 0.3) is 0 Å². The highest BCUT2D eigenvalue weighted by Crippen LogP contribution is 2.20. The molecule has 6 nitrogen and oxygen atoms in total. The molecule has 0 aliphatic carbocycles. The predicted molar refractivity (Wildman–Crippen MR) is 90.4 cm³/mol. The predicted octanol–water partition coefficient (Wildman–Crippen LogP) is 2.49. The number of carbonyl (C=O) groups excluding carboxylic acids is 1. The van der Waals surface area contributed by atoms with Gasteiger partial charge in [0.15, 0.2) is 0 Å². The maximum absolute atomic E-state index is 12.5. The third-order valence-corrected chi connectivity index (χ3v) is 4.34. The van der Waals surface area contributed by atoms with E-state index in [1.54, 1.807) is 12.1 Å². The van der Waals surface area contributed by atoms with Crippen molar-refractivity contribution in [1.82, 2.24) is 10.6 Å². The number of hydrogen-bond acceptors (Lipinski definition) is 4. The first-order valence-electron chi connectivity index (χ1n) is 7.89. The molecule has 2 atom stereocenters. The molecule has 6 heteroatoms. The van der Waals surface area contributed by atoms with Crippen molar-refractivity contribution in [2.75, 3.05) is 0 Å². The average Bonchev–Trinajstić information content (AvgIpc) is 2.61. The lowest BCUT2D eigenvalue weighted by atomic mass is 9.95. The molecule has 2 aromatic rings. The van der Waals surface area contributed by atoms with Crippen molar-refractivity contribution in [1.29, 1.82) is 0 Å². The van der Waals surface area contributed by atoms with E-state index in [0.29, 0.717) is 18.5 Å². The SMILES string of the molecule is CC(NC(=O)C1Cc2ccccc2CN1)c1cccc([N+](=O)[O-])c1. The summed E-state index contributed by atoms with van der Waals surface area (Å²) in [5.41, 5.74) is 3.14. The molecule has 2 aromatic carbocycles. The van der Waals surface area contributed by atoms with Gasteiger partial charge in [-0.3, -0.25) is 14.9 Å². The van der Waals surface area contributed by atoms with Gasteiger partial charge in [0.2, 0.25) is 5.91 Å². The lowest BCUT2D eigenvalue weighted by Crippen LogP contribution is -2.48. The molecule has 1 heterocycles. The van der Waals surface area contributed by atoms with E-state index in [1.165, 1.54) is 23.3 Å². The Hall–Kier alpha value is -2.73. The van der Waals surface area contributed by atoms with Crippen LogP contribution in [0.3, 0.4) is 0 Å². The van der Waals surface area contributed by atoms with Gasteiger partial charge in [0.05, 0.1) is 17.0 Å². The molecular weight excluding hydrogens is 306 g/mol. The van der Waals surface area contributed by atoms with Crippen molar-refractivity contribution < 1.29 is 9.72 Å². The third kappa shape index (κ3) is 3.44. The van der Waals surface area contributed by atoms with Crippen LogP contribution < -0.4 is 10.6 Å². The van der Waals surface area contributed by atoms with Gasteiger partial charge in [0.1, 0.15) is 0 Å². The molecule has 0 spiro atoms. The number of rotatable bonds is 4. The Bertz CT molecular complexity index is 776. The van der Waals surface area contributed by atoms with Crippen LogP contribution in [-0.4, -0.2) is 16.9 Å². The van der Waals surface area contributed by atoms with Crippen LogP contribution in [0.15, 0.2) is 48.5 Å². The molecule has 124 valence electrons. The number of fused-ring (bicyclic) bond motifs is 1. The van der Waals surface area contributed by atoms with Crippen LogP contribution in [0.5, 0.6) is 0 Å². The lowest BCUT2D eigenvalue weighted by molar-refractivity contribution is -0.384. The van der Waals surface area contributed by atoms with Gasteiger partial charge < -0.3 is 10.6 Å². The Morgan fingerprint density at radius 2 is 2.00 bits per heavy atom. The fraction of sp³-hybridized carbons (Fsp3) is 0.278. The molecule has 1 amide bonds. The van der Waals surface area contributed by atoms with Crippen LogP contribution in [0.4, 0.5) is 5.69 Å². The molecule has 0 saturated heterocycles. The summed E-state index contributed by atoms with van der Waals surface area (Å²) in [5.74, 6) is -0.0940. The van der Waals surface area contributed by atoms with Crippen LogP contribution >= 0.6 is 0 Å². The Labute approximate surface area is 140 Å². The van der Waals surface area contributed by atoms with E-state index in [0.717, 1.165) is 0 Å². The van der Waals surface area contributed by atoms with Crippen LogP contribution in [0, 0.1) is 10.1 Å². The van der Waals surface area contributed by atoms with E-state index in [1.807, 2.05) is 25.1 Å². The number of nitro groups is 1. The molecule has 0 saturated carbocycles. The molecular formula is C18H19N3O3. The summed E-state index contributed by atoms with van der Waals surface area (Å²) in [6.07, 6.45) is 0.643. The summed E-state index contributed by atoms with van der Waals surface area (Å²) in [7, 11) is 0. The summed E-state index contributed by atoms with van der Waals surface area (Å²) in [6, 6.07) is 13.8. The van der Waals surface area contributed by atoms with E-state index >= 15 is 0 Å². The first-order valence-corrected chi connectivity index (χ1v) is 7.89. The highest BCUT2D eigenvalue weighted by Gasteiger charge is 2.25. The zero-order valence-electron chi connectivity index (χ0n) is 13.4. The Morgan fingerprint density at radius 1 is 1.25 bits per heavy atom. The van der Waals surface area contributed by atoms with Gasteiger partial charge in [-0.15, -0.1) is 0 Å². The van der Waals surface area contributed by atoms with Crippen LogP contribution in [0.1, 0.15) is 29.7 Å². The second-order valence-corrected chi connectivity index (χ2v) is 5.99. The van der Waals surface area contributed by atoms with Gasteiger partial charge >= 0.3 is 0 Å².